The van der Waals surface area contributed by atoms with Crippen molar-refractivity contribution in [1.82, 2.24) is 0 Å². The number of rotatable bonds is 2. The van der Waals surface area contributed by atoms with E-state index < -0.39 is 0 Å². The van der Waals surface area contributed by atoms with E-state index in [1.54, 1.807) is 11.3 Å². The third-order valence-electron chi connectivity index (χ3n) is 3.04. The van der Waals surface area contributed by atoms with Gasteiger partial charge in [0.05, 0.1) is 0 Å². The summed E-state index contributed by atoms with van der Waals surface area (Å²) in [6, 6.07) is 0.0537. The number of carbonyl (C=O) groups excluding carboxylic acids is 1. The molecule has 0 bridgehead atoms. The van der Waals surface area contributed by atoms with E-state index in [2.05, 4.69) is 15.9 Å². The summed E-state index contributed by atoms with van der Waals surface area (Å²) in [6.07, 6.45) is 4.22. The molecule has 1 fully saturated rings. The van der Waals surface area contributed by atoms with Crippen molar-refractivity contribution < 1.29 is 4.79 Å². The monoisotopic (exact) mass is 287 g/mol. The lowest BCUT2D eigenvalue weighted by Gasteiger charge is -2.27. The van der Waals surface area contributed by atoms with E-state index in [1.165, 1.54) is 0 Å². The normalized spacial score (nSPS) is 26.5. The van der Waals surface area contributed by atoms with Crippen molar-refractivity contribution in [2.75, 3.05) is 0 Å². The van der Waals surface area contributed by atoms with E-state index in [0.29, 0.717) is 0 Å². The first-order valence-electron chi connectivity index (χ1n) is 5.21. The van der Waals surface area contributed by atoms with Crippen molar-refractivity contribution in [2.24, 2.45) is 11.7 Å². The van der Waals surface area contributed by atoms with Crippen LogP contribution in [0.2, 0.25) is 0 Å². The van der Waals surface area contributed by atoms with Gasteiger partial charge in [-0.15, -0.1) is 0 Å². The van der Waals surface area contributed by atoms with Gasteiger partial charge in [-0.1, -0.05) is 12.8 Å². The van der Waals surface area contributed by atoms with Gasteiger partial charge >= 0.3 is 0 Å². The average molecular weight is 288 g/mol. The predicted molar refractivity (Wildman–Crippen MR) is 66.3 cm³/mol. The Morgan fingerprint density at radius 3 is 2.73 bits per heavy atom. The molecule has 1 aliphatic carbocycles. The molecule has 1 saturated carbocycles. The third kappa shape index (κ3) is 2.32. The Labute approximate surface area is 102 Å². The zero-order valence-electron chi connectivity index (χ0n) is 8.41. The van der Waals surface area contributed by atoms with Gasteiger partial charge in [0, 0.05) is 32.8 Å². The van der Waals surface area contributed by atoms with Gasteiger partial charge in [0.25, 0.3) is 0 Å². The lowest BCUT2D eigenvalue weighted by atomic mass is 9.81. The molecule has 0 radical (unpaired) electrons. The lowest BCUT2D eigenvalue weighted by molar-refractivity contribution is 0.0871. The molecule has 1 aromatic heterocycles. The van der Waals surface area contributed by atoms with E-state index in [1.807, 2.05) is 10.8 Å². The highest BCUT2D eigenvalue weighted by Crippen LogP contribution is 2.30. The van der Waals surface area contributed by atoms with Crippen molar-refractivity contribution in [2.45, 2.75) is 31.7 Å². The average Bonchev–Trinajstić information content (AvgIpc) is 2.64. The molecule has 0 spiro atoms. The van der Waals surface area contributed by atoms with Crippen molar-refractivity contribution in [3.05, 3.63) is 20.8 Å². The van der Waals surface area contributed by atoms with Crippen LogP contribution in [0.5, 0.6) is 0 Å². The number of hydrogen-bond donors (Lipinski definition) is 1. The van der Waals surface area contributed by atoms with E-state index in [0.717, 1.165) is 35.7 Å². The van der Waals surface area contributed by atoms with Gasteiger partial charge in [-0.05, 0) is 28.8 Å². The molecule has 2 nitrogen and oxygen atoms in total. The molecular weight excluding hydrogens is 274 g/mol. The van der Waals surface area contributed by atoms with Crippen molar-refractivity contribution >= 4 is 33.0 Å². The highest BCUT2D eigenvalue weighted by atomic mass is 79.9. The van der Waals surface area contributed by atoms with E-state index in [9.17, 15) is 4.79 Å². The molecule has 15 heavy (non-hydrogen) atoms. The molecule has 2 atom stereocenters. The zero-order valence-corrected chi connectivity index (χ0v) is 10.8. The van der Waals surface area contributed by atoms with Crippen LogP contribution >= 0.6 is 27.3 Å². The summed E-state index contributed by atoms with van der Waals surface area (Å²) in [6.45, 7) is 0. The van der Waals surface area contributed by atoms with Crippen molar-refractivity contribution in [3.8, 4) is 0 Å². The van der Waals surface area contributed by atoms with Crippen LogP contribution in [0.3, 0.4) is 0 Å². The topological polar surface area (TPSA) is 43.1 Å². The number of hydrogen-bond acceptors (Lipinski definition) is 3. The van der Waals surface area contributed by atoms with Crippen LogP contribution in [-0.2, 0) is 0 Å². The van der Waals surface area contributed by atoms with Gasteiger partial charge in [-0.2, -0.15) is 11.3 Å². The lowest BCUT2D eigenvalue weighted by Crippen LogP contribution is -2.38. The van der Waals surface area contributed by atoms with Crippen molar-refractivity contribution in [1.29, 1.82) is 0 Å². The van der Waals surface area contributed by atoms with Crippen molar-refractivity contribution in [3.63, 3.8) is 0 Å². The Balaban J connectivity index is 2.17. The molecule has 4 heteroatoms. The minimum atomic E-state index is 0.0321. The second kappa shape index (κ2) is 4.76. The number of ketones is 1. The molecule has 1 aromatic rings. The first kappa shape index (κ1) is 11.3. The SMILES string of the molecule is NC1CCCCC1C(=O)c1cscc1Br. The van der Waals surface area contributed by atoms with Gasteiger partial charge in [0.2, 0.25) is 0 Å². The number of nitrogens with two attached hydrogens (primary N) is 1. The molecule has 0 aliphatic heterocycles. The smallest absolute Gasteiger partial charge is 0.169 e. The van der Waals surface area contributed by atoms with Gasteiger partial charge in [-0.25, -0.2) is 0 Å². The summed E-state index contributed by atoms with van der Waals surface area (Å²) in [5.41, 5.74) is 6.81. The number of thiophene rings is 1. The summed E-state index contributed by atoms with van der Waals surface area (Å²) in [4.78, 5) is 12.2. The Hall–Kier alpha value is -0.190. The fourth-order valence-corrected chi connectivity index (χ4v) is 3.62. The quantitative estimate of drug-likeness (QED) is 0.849. The number of Topliss-reactive ketones (excluding diaryl/α,β-unsaturated/α-hetero) is 1. The van der Waals surface area contributed by atoms with Crippen LogP contribution in [-0.4, -0.2) is 11.8 Å². The summed E-state index contributed by atoms with van der Waals surface area (Å²) in [5, 5.41) is 3.86. The second-order valence-corrected chi connectivity index (χ2v) is 5.65. The molecule has 1 heterocycles. The van der Waals surface area contributed by atoms with Crippen LogP contribution < -0.4 is 5.73 Å². The van der Waals surface area contributed by atoms with Crippen LogP contribution in [0.25, 0.3) is 0 Å². The summed E-state index contributed by atoms with van der Waals surface area (Å²) in [5.74, 6) is 0.250. The van der Waals surface area contributed by atoms with Gasteiger partial charge in [-0.3, -0.25) is 4.79 Å². The van der Waals surface area contributed by atoms with E-state index >= 15 is 0 Å². The van der Waals surface area contributed by atoms with Crippen LogP contribution in [0, 0.1) is 5.92 Å². The maximum atomic E-state index is 12.2. The fourth-order valence-electron chi connectivity index (χ4n) is 2.14. The Kier molecular flexibility index (Phi) is 3.59. The fraction of sp³-hybridized carbons (Fsp3) is 0.545. The minimum absolute atomic E-state index is 0.0321. The van der Waals surface area contributed by atoms with Gasteiger partial charge < -0.3 is 5.73 Å². The first-order chi connectivity index (χ1) is 7.20. The zero-order chi connectivity index (χ0) is 10.8. The molecule has 82 valence electrons. The van der Waals surface area contributed by atoms with Gasteiger partial charge in [0.1, 0.15) is 0 Å². The Morgan fingerprint density at radius 1 is 1.40 bits per heavy atom. The maximum absolute atomic E-state index is 12.2. The molecule has 0 aromatic carbocycles. The highest BCUT2D eigenvalue weighted by molar-refractivity contribution is 9.10. The van der Waals surface area contributed by atoms with Crippen LogP contribution in [0.15, 0.2) is 15.2 Å². The van der Waals surface area contributed by atoms with Crippen LogP contribution in [0.1, 0.15) is 36.0 Å². The van der Waals surface area contributed by atoms with Crippen LogP contribution in [0.4, 0.5) is 0 Å². The Morgan fingerprint density at radius 2 is 2.13 bits per heavy atom. The molecule has 2 rings (SSSR count). The van der Waals surface area contributed by atoms with Gasteiger partial charge in [0.15, 0.2) is 5.78 Å². The molecular formula is C11H14BrNOS. The molecule has 1 aliphatic rings. The van der Waals surface area contributed by atoms with E-state index in [-0.39, 0.29) is 17.7 Å². The molecule has 0 saturated heterocycles. The number of carbonyl (C=O) groups is 1. The first-order valence-corrected chi connectivity index (χ1v) is 6.95. The standard InChI is InChI=1S/C11H14BrNOS/c12-9-6-15-5-8(9)11(14)7-3-1-2-4-10(7)13/h5-7,10H,1-4,13H2. The predicted octanol–water partition coefficient (Wildman–Crippen LogP) is 3.21. The highest BCUT2D eigenvalue weighted by Gasteiger charge is 2.30. The molecule has 0 amide bonds. The van der Waals surface area contributed by atoms with E-state index in [4.69, 9.17) is 5.73 Å². The molecule has 2 N–H and O–H groups in total. The Bertz CT molecular complexity index is 363. The maximum Gasteiger partial charge on any atom is 0.169 e. The number of halogens is 1. The minimum Gasteiger partial charge on any atom is -0.327 e. The summed E-state index contributed by atoms with van der Waals surface area (Å²) < 4.78 is 0.912. The largest absolute Gasteiger partial charge is 0.327 e. The summed E-state index contributed by atoms with van der Waals surface area (Å²) in [7, 11) is 0. The third-order valence-corrected chi connectivity index (χ3v) is 4.74. The summed E-state index contributed by atoms with van der Waals surface area (Å²) >= 11 is 4.95. The second-order valence-electron chi connectivity index (χ2n) is 4.05. The molecule has 2 unspecified atom stereocenters.